The van der Waals surface area contributed by atoms with Crippen LogP contribution in [0, 0.1) is 13.8 Å². The number of aryl methyl sites for hydroxylation is 1. The Hall–Kier alpha value is -4.41. The van der Waals surface area contributed by atoms with Gasteiger partial charge in [-0.05, 0) is 75.7 Å². The molecule has 0 aliphatic heterocycles. The molecule has 0 bridgehead atoms. The summed E-state index contributed by atoms with van der Waals surface area (Å²) in [5.41, 5.74) is 3.35. The van der Waals surface area contributed by atoms with Crippen molar-refractivity contribution in [2.75, 3.05) is 22.6 Å². The SMILES string of the molecule is CCOC(=O)c1c(NC(=O)C(C)Sc2cccc(NC(=O)c3cccc(C)c3)c2)sc(C(=O)Nc2ccccc2)c1C. The normalized spacial score (nSPS) is 11.3. The van der Waals surface area contributed by atoms with Gasteiger partial charge < -0.3 is 20.7 Å². The lowest BCUT2D eigenvalue weighted by molar-refractivity contribution is -0.115. The van der Waals surface area contributed by atoms with Crippen LogP contribution in [0.5, 0.6) is 0 Å². The molecule has 0 saturated heterocycles. The van der Waals surface area contributed by atoms with Crippen molar-refractivity contribution in [2.24, 2.45) is 0 Å². The highest BCUT2D eigenvalue weighted by atomic mass is 32.2. The van der Waals surface area contributed by atoms with E-state index in [1.165, 1.54) is 11.8 Å². The third kappa shape index (κ3) is 7.65. The lowest BCUT2D eigenvalue weighted by Crippen LogP contribution is -2.23. The molecule has 1 heterocycles. The molecule has 42 heavy (non-hydrogen) atoms. The van der Waals surface area contributed by atoms with Crippen molar-refractivity contribution in [2.45, 2.75) is 37.8 Å². The summed E-state index contributed by atoms with van der Waals surface area (Å²) in [4.78, 5) is 52.9. The van der Waals surface area contributed by atoms with Crippen molar-refractivity contribution in [3.8, 4) is 0 Å². The fourth-order valence-corrected chi connectivity index (χ4v) is 6.10. The van der Waals surface area contributed by atoms with Crippen LogP contribution in [-0.2, 0) is 9.53 Å². The van der Waals surface area contributed by atoms with Gasteiger partial charge >= 0.3 is 5.97 Å². The first kappa shape index (κ1) is 30.5. The van der Waals surface area contributed by atoms with Crippen LogP contribution in [0.3, 0.4) is 0 Å². The molecule has 1 atom stereocenters. The average molecular weight is 602 g/mol. The van der Waals surface area contributed by atoms with E-state index in [4.69, 9.17) is 4.74 Å². The molecule has 1 aromatic heterocycles. The van der Waals surface area contributed by atoms with Crippen molar-refractivity contribution in [1.82, 2.24) is 0 Å². The summed E-state index contributed by atoms with van der Waals surface area (Å²) >= 11 is 2.33. The maximum Gasteiger partial charge on any atom is 0.341 e. The number of rotatable bonds is 10. The third-order valence-electron chi connectivity index (χ3n) is 6.16. The molecular formula is C32H31N3O5S2. The van der Waals surface area contributed by atoms with Gasteiger partial charge in [0.1, 0.15) is 5.00 Å². The van der Waals surface area contributed by atoms with Gasteiger partial charge in [0, 0.05) is 21.8 Å². The minimum atomic E-state index is -0.613. The number of benzene rings is 3. The zero-order valence-corrected chi connectivity index (χ0v) is 25.3. The van der Waals surface area contributed by atoms with Gasteiger partial charge in [-0.15, -0.1) is 23.1 Å². The van der Waals surface area contributed by atoms with Crippen molar-refractivity contribution in [3.63, 3.8) is 0 Å². The molecule has 3 N–H and O–H groups in total. The van der Waals surface area contributed by atoms with Gasteiger partial charge in [0.15, 0.2) is 0 Å². The predicted octanol–water partition coefficient (Wildman–Crippen LogP) is 7.17. The zero-order valence-electron chi connectivity index (χ0n) is 23.6. The highest BCUT2D eigenvalue weighted by Crippen LogP contribution is 2.35. The van der Waals surface area contributed by atoms with Crippen molar-refractivity contribution in [1.29, 1.82) is 0 Å². The van der Waals surface area contributed by atoms with Gasteiger partial charge in [0.2, 0.25) is 5.91 Å². The smallest absolute Gasteiger partial charge is 0.341 e. The predicted molar refractivity (Wildman–Crippen MR) is 169 cm³/mol. The van der Waals surface area contributed by atoms with Crippen LogP contribution in [0.15, 0.2) is 83.8 Å². The molecule has 0 aliphatic rings. The minimum Gasteiger partial charge on any atom is -0.462 e. The van der Waals surface area contributed by atoms with Crippen molar-refractivity contribution < 1.29 is 23.9 Å². The summed E-state index contributed by atoms with van der Waals surface area (Å²) in [6.45, 7) is 7.17. The molecule has 216 valence electrons. The molecule has 0 aliphatic carbocycles. The number of hydrogen-bond acceptors (Lipinski definition) is 7. The first-order valence-electron chi connectivity index (χ1n) is 13.3. The van der Waals surface area contributed by atoms with E-state index < -0.39 is 11.2 Å². The largest absolute Gasteiger partial charge is 0.462 e. The Kier molecular flexibility index (Phi) is 10.2. The van der Waals surface area contributed by atoms with E-state index in [-0.39, 0.29) is 34.9 Å². The molecule has 10 heteroatoms. The van der Waals surface area contributed by atoms with Crippen LogP contribution < -0.4 is 16.0 Å². The number of anilines is 3. The van der Waals surface area contributed by atoms with Crippen LogP contribution in [0.4, 0.5) is 16.4 Å². The van der Waals surface area contributed by atoms with Crippen LogP contribution >= 0.6 is 23.1 Å². The molecule has 0 spiro atoms. The maximum atomic E-state index is 13.3. The van der Waals surface area contributed by atoms with E-state index in [1.807, 2.05) is 37.3 Å². The lowest BCUT2D eigenvalue weighted by atomic mass is 10.1. The second kappa shape index (κ2) is 14.0. The summed E-state index contributed by atoms with van der Waals surface area (Å²) in [5, 5.41) is 8.24. The Balaban J connectivity index is 1.48. The Labute approximate surface area is 252 Å². The van der Waals surface area contributed by atoms with Crippen LogP contribution in [0.2, 0.25) is 0 Å². The standard InChI is InChI=1S/C32H31N3O5S2/c1-5-40-32(39)26-20(3)27(30(38)33-23-13-7-6-8-14-23)42-31(26)35-28(36)21(4)41-25-16-10-15-24(18-25)34-29(37)22-12-9-11-19(2)17-22/h6-18,21H,5H2,1-4H3,(H,33,38)(H,34,37)(H,35,36). The topological polar surface area (TPSA) is 114 Å². The molecular weight excluding hydrogens is 571 g/mol. The first-order valence-corrected chi connectivity index (χ1v) is 15.0. The number of amides is 3. The lowest BCUT2D eigenvalue weighted by Gasteiger charge is -2.13. The summed E-state index contributed by atoms with van der Waals surface area (Å²) in [5.74, 6) is -1.58. The quantitative estimate of drug-likeness (QED) is 0.131. The average Bonchev–Trinajstić information content (AvgIpc) is 3.29. The third-order valence-corrected chi connectivity index (χ3v) is 8.45. The number of hydrogen-bond donors (Lipinski definition) is 3. The van der Waals surface area contributed by atoms with E-state index in [0.29, 0.717) is 27.4 Å². The van der Waals surface area contributed by atoms with E-state index in [0.717, 1.165) is 21.8 Å². The zero-order chi connectivity index (χ0) is 30.2. The summed E-state index contributed by atoms with van der Waals surface area (Å²) in [6.07, 6.45) is 0. The molecule has 0 radical (unpaired) electrons. The van der Waals surface area contributed by atoms with E-state index in [9.17, 15) is 19.2 Å². The number of esters is 1. The van der Waals surface area contributed by atoms with E-state index in [1.54, 1.807) is 69.3 Å². The molecule has 0 fully saturated rings. The second-order valence-electron chi connectivity index (χ2n) is 9.40. The van der Waals surface area contributed by atoms with E-state index in [2.05, 4.69) is 16.0 Å². The Morgan fingerprint density at radius 2 is 1.52 bits per heavy atom. The van der Waals surface area contributed by atoms with E-state index >= 15 is 0 Å². The highest BCUT2D eigenvalue weighted by Gasteiger charge is 2.28. The van der Waals surface area contributed by atoms with Gasteiger partial charge in [-0.3, -0.25) is 14.4 Å². The van der Waals surface area contributed by atoms with Gasteiger partial charge in [-0.2, -0.15) is 0 Å². The minimum absolute atomic E-state index is 0.149. The highest BCUT2D eigenvalue weighted by molar-refractivity contribution is 8.00. The van der Waals surface area contributed by atoms with Gasteiger partial charge in [-0.1, -0.05) is 42.0 Å². The van der Waals surface area contributed by atoms with Crippen molar-refractivity contribution in [3.05, 3.63) is 106 Å². The number of para-hydroxylation sites is 1. The molecule has 4 aromatic rings. The Morgan fingerprint density at radius 3 is 2.24 bits per heavy atom. The van der Waals surface area contributed by atoms with Crippen LogP contribution in [-0.4, -0.2) is 35.5 Å². The molecule has 0 saturated carbocycles. The maximum absolute atomic E-state index is 13.3. The number of ether oxygens (including phenoxy) is 1. The summed E-state index contributed by atoms with van der Waals surface area (Å²) in [6, 6.07) is 23.5. The summed E-state index contributed by atoms with van der Waals surface area (Å²) in [7, 11) is 0. The Morgan fingerprint density at radius 1 is 0.833 bits per heavy atom. The molecule has 8 nitrogen and oxygen atoms in total. The second-order valence-corrected chi connectivity index (χ2v) is 11.8. The first-order chi connectivity index (χ1) is 20.2. The number of carbonyl (C=O) groups excluding carboxylic acids is 4. The number of carbonyl (C=O) groups is 4. The number of nitrogens with one attached hydrogen (secondary N) is 3. The monoisotopic (exact) mass is 601 g/mol. The molecule has 1 unspecified atom stereocenters. The van der Waals surface area contributed by atoms with Gasteiger partial charge in [-0.25, -0.2) is 4.79 Å². The molecule has 3 aromatic carbocycles. The van der Waals surface area contributed by atoms with Crippen LogP contribution in [0.1, 0.15) is 55.4 Å². The van der Waals surface area contributed by atoms with Crippen LogP contribution in [0.25, 0.3) is 0 Å². The Bertz CT molecular complexity index is 1620. The molecule has 3 amide bonds. The van der Waals surface area contributed by atoms with Gasteiger partial charge in [0.25, 0.3) is 11.8 Å². The summed E-state index contributed by atoms with van der Waals surface area (Å²) < 4.78 is 5.23. The van der Waals surface area contributed by atoms with Crippen molar-refractivity contribution >= 4 is 63.2 Å². The fourth-order valence-electron chi connectivity index (χ4n) is 4.08. The number of thiophene rings is 1. The molecule has 4 rings (SSSR count). The number of thioether (sulfide) groups is 1. The van der Waals surface area contributed by atoms with Gasteiger partial charge in [0.05, 0.1) is 22.3 Å². The fraction of sp³-hybridized carbons (Fsp3) is 0.188.